The topological polar surface area (TPSA) is 73.1 Å². The first-order chi connectivity index (χ1) is 4.22. The Kier molecular flexibility index (Phi) is 3.40. The largest absolute Gasteiger partial charge is 0.479 e. The lowest BCUT2D eigenvalue weighted by atomic mass is 10.3. The van der Waals surface area contributed by atoms with E-state index in [2.05, 4.69) is 5.32 Å². The van der Waals surface area contributed by atoms with Crippen molar-refractivity contribution in [3.8, 4) is 6.07 Å². The van der Waals surface area contributed by atoms with E-state index in [0.717, 1.165) is 0 Å². The molecule has 0 heterocycles. The van der Waals surface area contributed by atoms with E-state index in [0.29, 0.717) is 6.54 Å². The van der Waals surface area contributed by atoms with Gasteiger partial charge >= 0.3 is 5.97 Å². The SMILES string of the molecule is CCNC(C#N)C(=O)O. The van der Waals surface area contributed by atoms with Gasteiger partial charge in [0, 0.05) is 0 Å². The van der Waals surface area contributed by atoms with Crippen molar-refractivity contribution in [3.05, 3.63) is 0 Å². The molecule has 0 rings (SSSR count). The summed E-state index contributed by atoms with van der Waals surface area (Å²) < 4.78 is 0. The molecule has 0 aromatic rings. The zero-order chi connectivity index (χ0) is 7.28. The standard InChI is InChI=1S/C5H8N2O2/c1-2-7-4(3-6)5(8)9/h4,7H,2H2,1H3,(H,8,9). The van der Waals surface area contributed by atoms with Crippen LogP contribution >= 0.6 is 0 Å². The molecule has 2 N–H and O–H groups in total. The lowest BCUT2D eigenvalue weighted by Gasteiger charge is -2.00. The average molecular weight is 128 g/mol. The Morgan fingerprint density at radius 1 is 2.00 bits per heavy atom. The molecule has 9 heavy (non-hydrogen) atoms. The van der Waals surface area contributed by atoms with Gasteiger partial charge in [0.1, 0.15) is 0 Å². The number of carbonyl (C=O) groups is 1. The Bertz CT molecular complexity index is 138. The van der Waals surface area contributed by atoms with Crippen LogP contribution in [-0.4, -0.2) is 23.7 Å². The third-order valence-electron chi connectivity index (χ3n) is 0.784. The van der Waals surface area contributed by atoms with Gasteiger partial charge in [-0.2, -0.15) is 5.26 Å². The quantitative estimate of drug-likeness (QED) is 0.541. The number of likely N-dealkylation sites (N-methyl/N-ethyl adjacent to an activating group) is 1. The van der Waals surface area contributed by atoms with Crippen LogP contribution in [0.3, 0.4) is 0 Å². The van der Waals surface area contributed by atoms with Crippen molar-refractivity contribution in [1.29, 1.82) is 5.26 Å². The number of nitrogens with zero attached hydrogens (tertiary/aromatic N) is 1. The molecule has 4 nitrogen and oxygen atoms in total. The van der Waals surface area contributed by atoms with E-state index >= 15 is 0 Å². The number of nitriles is 1. The lowest BCUT2D eigenvalue weighted by Crippen LogP contribution is -2.34. The van der Waals surface area contributed by atoms with E-state index in [1.807, 2.05) is 0 Å². The van der Waals surface area contributed by atoms with Gasteiger partial charge in [-0.1, -0.05) is 6.92 Å². The molecule has 0 aromatic heterocycles. The summed E-state index contributed by atoms with van der Waals surface area (Å²) in [4.78, 5) is 10.0. The van der Waals surface area contributed by atoms with Crippen LogP contribution in [0.4, 0.5) is 0 Å². The molecule has 0 saturated carbocycles. The fourth-order valence-electron chi connectivity index (χ4n) is 0.392. The van der Waals surface area contributed by atoms with Gasteiger partial charge in [-0.25, -0.2) is 4.79 Å². The van der Waals surface area contributed by atoms with Crippen molar-refractivity contribution in [2.75, 3.05) is 6.54 Å². The second-order valence-corrected chi connectivity index (χ2v) is 1.46. The Hall–Kier alpha value is -1.08. The van der Waals surface area contributed by atoms with Crippen molar-refractivity contribution >= 4 is 5.97 Å². The molecule has 50 valence electrons. The van der Waals surface area contributed by atoms with Crippen molar-refractivity contribution in [3.63, 3.8) is 0 Å². The number of hydrogen-bond donors (Lipinski definition) is 2. The molecule has 1 unspecified atom stereocenters. The summed E-state index contributed by atoms with van der Waals surface area (Å²) in [6.07, 6.45) is 0. The van der Waals surface area contributed by atoms with Crippen molar-refractivity contribution < 1.29 is 9.90 Å². The zero-order valence-electron chi connectivity index (χ0n) is 5.09. The number of hydrogen-bond acceptors (Lipinski definition) is 3. The van der Waals surface area contributed by atoms with Gasteiger partial charge in [0.05, 0.1) is 6.07 Å². The normalized spacial score (nSPS) is 12.0. The second kappa shape index (κ2) is 3.87. The highest BCUT2D eigenvalue weighted by molar-refractivity contribution is 5.76. The van der Waals surface area contributed by atoms with Gasteiger partial charge < -0.3 is 5.11 Å². The third kappa shape index (κ3) is 2.67. The Morgan fingerprint density at radius 2 is 2.56 bits per heavy atom. The molecule has 0 radical (unpaired) electrons. The van der Waals surface area contributed by atoms with Gasteiger partial charge in [-0.05, 0) is 6.54 Å². The minimum absolute atomic E-state index is 0.491. The number of carboxylic acids is 1. The fourth-order valence-corrected chi connectivity index (χ4v) is 0.392. The van der Waals surface area contributed by atoms with Crippen LogP contribution in [0.2, 0.25) is 0 Å². The maximum absolute atomic E-state index is 10.0. The summed E-state index contributed by atoms with van der Waals surface area (Å²) in [7, 11) is 0. The van der Waals surface area contributed by atoms with Gasteiger partial charge in [-0.15, -0.1) is 0 Å². The predicted octanol–water partition coefficient (Wildman–Crippen LogP) is -0.427. The predicted molar refractivity (Wildman–Crippen MR) is 30.7 cm³/mol. The number of nitrogens with one attached hydrogen (secondary N) is 1. The smallest absolute Gasteiger partial charge is 0.335 e. The molecular formula is C5H8N2O2. The number of carboxylic acid groups (broad SMARTS) is 1. The van der Waals surface area contributed by atoms with E-state index in [-0.39, 0.29) is 0 Å². The second-order valence-electron chi connectivity index (χ2n) is 1.46. The van der Waals surface area contributed by atoms with Crippen LogP contribution in [0.5, 0.6) is 0 Å². The maximum Gasteiger partial charge on any atom is 0.335 e. The Labute approximate surface area is 53.1 Å². The molecule has 0 amide bonds. The van der Waals surface area contributed by atoms with E-state index < -0.39 is 12.0 Å². The third-order valence-corrected chi connectivity index (χ3v) is 0.784. The fraction of sp³-hybridized carbons (Fsp3) is 0.600. The molecule has 0 fully saturated rings. The first-order valence-corrected chi connectivity index (χ1v) is 2.58. The van der Waals surface area contributed by atoms with Crippen molar-refractivity contribution in [2.45, 2.75) is 13.0 Å². The van der Waals surface area contributed by atoms with E-state index in [1.165, 1.54) is 0 Å². The molecule has 0 spiro atoms. The zero-order valence-corrected chi connectivity index (χ0v) is 5.09. The molecule has 0 aliphatic rings. The van der Waals surface area contributed by atoms with Crippen molar-refractivity contribution in [1.82, 2.24) is 5.32 Å². The van der Waals surface area contributed by atoms with Crippen LogP contribution in [0.1, 0.15) is 6.92 Å². The summed E-state index contributed by atoms with van der Waals surface area (Å²) in [6.45, 7) is 2.23. The summed E-state index contributed by atoms with van der Waals surface area (Å²) in [5.74, 6) is -1.13. The van der Waals surface area contributed by atoms with Crippen molar-refractivity contribution in [2.24, 2.45) is 0 Å². The van der Waals surface area contributed by atoms with Crippen LogP contribution < -0.4 is 5.32 Å². The Morgan fingerprint density at radius 3 is 2.67 bits per heavy atom. The molecular weight excluding hydrogens is 120 g/mol. The maximum atomic E-state index is 10.0. The minimum atomic E-state index is -1.13. The first kappa shape index (κ1) is 7.92. The van der Waals surface area contributed by atoms with Gasteiger partial charge in [0.2, 0.25) is 0 Å². The minimum Gasteiger partial charge on any atom is -0.479 e. The summed E-state index contributed by atoms with van der Waals surface area (Å²) in [5.41, 5.74) is 0. The van der Waals surface area contributed by atoms with E-state index in [1.54, 1.807) is 13.0 Å². The van der Waals surface area contributed by atoms with Gasteiger partial charge in [0.15, 0.2) is 6.04 Å². The summed E-state index contributed by atoms with van der Waals surface area (Å²) in [5, 5.41) is 18.8. The highest BCUT2D eigenvalue weighted by atomic mass is 16.4. The van der Waals surface area contributed by atoms with Crippen LogP contribution in [0.25, 0.3) is 0 Å². The first-order valence-electron chi connectivity index (χ1n) is 2.58. The molecule has 0 bridgehead atoms. The molecule has 4 heteroatoms. The highest BCUT2D eigenvalue weighted by Gasteiger charge is 2.12. The molecule has 0 saturated heterocycles. The highest BCUT2D eigenvalue weighted by Crippen LogP contribution is 1.77. The molecule has 0 aromatic carbocycles. The molecule has 0 aliphatic carbocycles. The van der Waals surface area contributed by atoms with Crippen LogP contribution in [0.15, 0.2) is 0 Å². The van der Waals surface area contributed by atoms with Crippen LogP contribution in [-0.2, 0) is 4.79 Å². The van der Waals surface area contributed by atoms with E-state index in [9.17, 15) is 4.79 Å². The summed E-state index contributed by atoms with van der Waals surface area (Å²) >= 11 is 0. The number of aliphatic carboxylic acids is 1. The number of rotatable bonds is 3. The van der Waals surface area contributed by atoms with E-state index in [4.69, 9.17) is 10.4 Å². The molecule has 1 atom stereocenters. The van der Waals surface area contributed by atoms with Crippen LogP contribution in [0, 0.1) is 11.3 Å². The summed E-state index contributed by atoms with van der Waals surface area (Å²) in [6, 6.07) is 0.532. The average Bonchev–Trinajstić information content (AvgIpc) is 1.82. The van der Waals surface area contributed by atoms with Gasteiger partial charge in [0.25, 0.3) is 0 Å². The Balaban J connectivity index is 3.72. The lowest BCUT2D eigenvalue weighted by molar-refractivity contribution is -0.137. The van der Waals surface area contributed by atoms with Gasteiger partial charge in [-0.3, -0.25) is 5.32 Å². The monoisotopic (exact) mass is 128 g/mol. The molecule has 0 aliphatic heterocycles.